The van der Waals surface area contributed by atoms with E-state index in [1.807, 2.05) is 36.4 Å². The number of carbonyl (C=O) groups is 1. The van der Waals surface area contributed by atoms with E-state index in [-0.39, 0.29) is 0 Å². The molecule has 2 N–H and O–H groups in total. The lowest BCUT2D eigenvalue weighted by atomic mass is 9.95. The van der Waals surface area contributed by atoms with Gasteiger partial charge in [-0.05, 0) is 48.3 Å². The fourth-order valence-electron chi connectivity index (χ4n) is 3.80. The Bertz CT molecular complexity index is 978. The summed E-state index contributed by atoms with van der Waals surface area (Å²) in [5.41, 5.74) is 8.50. The highest BCUT2D eigenvalue weighted by atomic mass is 16.5. The second-order valence-electron chi connectivity index (χ2n) is 7.60. The molecule has 3 heteroatoms. The van der Waals surface area contributed by atoms with Crippen LogP contribution in [-0.4, -0.2) is 5.91 Å². The van der Waals surface area contributed by atoms with Gasteiger partial charge in [0.2, 0.25) is 0 Å². The Morgan fingerprint density at radius 2 is 1.55 bits per heavy atom. The fourth-order valence-corrected chi connectivity index (χ4v) is 3.80. The van der Waals surface area contributed by atoms with Gasteiger partial charge in [0.05, 0.1) is 5.56 Å². The summed E-state index contributed by atoms with van der Waals surface area (Å²) in [4.78, 5) is 12.5. The number of hydrogen-bond acceptors (Lipinski definition) is 2. The molecular weight excluding hydrogens is 358 g/mol. The SMILES string of the molecule is CCCCCc1ccccc1Oc1c(C(N)=O)c(CCCC)cc2ccccc12. The number of benzene rings is 3. The van der Waals surface area contributed by atoms with Crippen molar-refractivity contribution in [2.24, 2.45) is 5.73 Å². The van der Waals surface area contributed by atoms with Gasteiger partial charge < -0.3 is 10.5 Å². The van der Waals surface area contributed by atoms with E-state index >= 15 is 0 Å². The molecule has 152 valence electrons. The van der Waals surface area contributed by atoms with Crippen molar-refractivity contribution in [1.29, 1.82) is 0 Å². The lowest BCUT2D eigenvalue weighted by molar-refractivity contribution is 0.0997. The number of fused-ring (bicyclic) bond motifs is 1. The van der Waals surface area contributed by atoms with E-state index in [9.17, 15) is 4.79 Å². The Kier molecular flexibility index (Phi) is 7.29. The van der Waals surface area contributed by atoms with Crippen LogP contribution in [0.4, 0.5) is 0 Å². The molecule has 3 aromatic carbocycles. The van der Waals surface area contributed by atoms with Gasteiger partial charge in [-0.3, -0.25) is 4.79 Å². The molecular formula is C26H31NO2. The number of carbonyl (C=O) groups excluding carboxylic acids is 1. The van der Waals surface area contributed by atoms with Gasteiger partial charge in [-0.15, -0.1) is 0 Å². The Morgan fingerprint density at radius 3 is 2.31 bits per heavy atom. The van der Waals surface area contributed by atoms with Crippen molar-refractivity contribution >= 4 is 16.7 Å². The third-order valence-corrected chi connectivity index (χ3v) is 5.36. The molecule has 0 aliphatic rings. The lowest BCUT2D eigenvalue weighted by Crippen LogP contribution is -2.16. The normalized spacial score (nSPS) is 11.0. The van der Waals surface area contributed by atoms with Crippen LogP contribution in [0, 0.1) is 0 Å². The third kappa shape index (κ3) is 4.97. The first-order valence-electron chi connectivity index (χ1n) is 10.8. The maximum atomic E-state index is 12.5. The lowest BCUT2D eigenvalue weighted by Gasteiger charge is -2.18. The van der Waals surface area contributed by atoms with Gasteiger partial charge in [0.25, 0.3) is 5.91 Å². The predicted octanol–water partition coefficient (Wildman–Crippen LogP) is 6.81. The summed E-state index contributed by atoms with van der Waals surface area (Å²) in [5.74, 6) is 0.967. The van der Waals surface area contributed by atoms with E-state index in [0.29, 0.717) is 11.3 Å². The summed E-state index contributed by atoms with van der Waals surface area (Å²) in [5, 5.41) is 1.99. The minimum atomic E-state index is -0.430. The molecule has 0 spiro atoms. The van der Waals surface area contributed by atoms with Crippen molar-refractivity contribution in [1.82, 2.24) is 0 Å². The van der Waals surface area contributed by atoms with E-state index in [1.54, 1.807) is 0 Å². The van der Waals surface area contributed by atoms with Crippen molar-refractivity contribution in [2.75, 3.05) is 0 Å². The largest absolute Gasteiger partial charge is 0.456 e. The van der Waals surface area contributed by atoms with E-state index in [0.717, 1.165) is 54.2 Å². The fraction of sp³-hybridized carbons (Fsp3) is 0.346. The molecule has 29 heavy (non-hydrogen) atoms. The van der Waals surface area contributed by atoms with Gasteiger partial charge >= 0.3 is 0 Å². The molecule has 0 radical (unpaired) electrons. The number of rotatable bonds is 10. The number of primary amides is 1. The molecule has 0 aliphatic heterocycles. The van der Waals surface area contributed by atoms with Gasteiger partial charge in [0, 0.05) is 5.39 Å². The Labute approximate surface area is 173 Å². The summed E-state index contributed by atoms with van der Waals surface area (Å²) in [6, 6.07) is 18.3. The summed E-state index contributed by atoms with van der Waals surface area (Å²) in [6.07, 6.45) is 7.33. The molecule has 0 fully saturated rings. The zero-order chi connectivity index (χ0) is 20.6. The van der Waals surface area contributed by atoms with Crippen LogP contribution in [0.2, 0.25) is 0 Å². The summed E-state index contributed by atoms with van der Waals surface area (Å²) in [6.45, 7) is 4.35. The molecule has 0 bridgehead atoms. The zero-order valence-corrected chi connectivity index (χ0v) is 17.5. The van der Waals surface area contributed by atoms with Crippen LogP contribution in [0.1, 0.15) is 67.4 Å². The highest BCUT2D eigenvalue weighted by Crippen LogP contribution is 2.38. The number of ether oxygens (including phenoxy) is 1. The third-order valence-electron chi connectivity index (χ3n) is 5.36. The van der Waals surface area contributed by atoms with Gasteiger partial charge in [0.1, 0.15) is 11.5 Å². The standard InChI is InChI=1S/C26H31NO2/c1-3-5-7-13-19-14-9-11-17-23(19)29-25-22-16-10-8-15-20(22)18-21(12-6-4-2)24(25)26(27)28/h8-11,14-18H,3-7,12-13H2,1-2H3,(H2,27,28). The first-order valence-corrected chi connectivity index (χ1v) is 10.8. The van der Waals surface area contributed by atoms with E-state index in [4.69, 9.17) is 10.5 Å². The average molecular weight is 390 g/mol. The zero-order valence-electron chi connectivity index (χ0n) is 17.5. The Hall–Kier alpha value is -2.81. The Balaban J connectivity index is 2.11. The summed E-state index contributed by atoms with van der Waals surface area (Å²) >= 11 is 0. The van der Waals surface area contributed by atoms with Crippen LogP contribution in [0.25, 0.3) is 10.8 Å². The van der Waals surface area contributed by atoms with Crippen molar-refractivity contribution in [3.63, 3.8) is 0 Å². The van der Waals surface area contributed by atoms with Crippen LogP contribution in [-0.2, 0) is 12.8 Å². The molecule has 0 atom stereocenters. The van der Waals surface area contributed by atoms with Crippen molar-refractivity contribution in [2.45, 2.75) is 58.8 Å². The Morgan fingerprint density at radius 1 is 0.862 bits per heavy atom. The summed E-state index contributed by atoms with van der Waals surface area (Å²) < 4.78 is 6.47. The minimum absolute atomic E-state index is 0.430. The quantitative estimate of drug-likeness (QED) is 0.387. The van der Waals surface area contributed by atoms with Crippen LogP contribution in [0.3, 0.4) is 0 Å². The molecule has 0 saturated carbocycles. The summed E-state index contributed by atoms with van der Waals surface area (Å²) in [7, 11) is 0. The van der Waals surface area contributed by atoms with Crippen LogP contribution < -0.4 is 10.5 Å². The number of amides is 1. The van der Waals surface area contributed by atoms with Crippen molar-refractivity contribution in [3.8, 4) is 11.5 Å². The van der Waals surface area contributed by atoms with Gasteiger partial charge in [-0.2, -0.15) is 0 Å². The first kappa shape index (κ1) is 20.9. The molecule has 0 aromatic heterocycles. The molecule has 3 rings (SSSR count). The highest BCUT2D eigenvalue weighted by molar-refractivity contribution is 6.05. The number of hydrogen-bond donors (Lipinski definition) is 1. The number of para-hydroxylation sites is 1. The monoisotopic (exact) mass is 389 g/mol. The topological polar surface area (TPSA) is 52.3 Å². The molecule has 0 heterocycles. The van der Waals surface area contributed by atoms with E-state index in [1.165, 1.54) is 18.4 Å². The number of nitrogens with two attached hydrogens (primary N) is 1. The van der Waals surface area contributed by atoms with Gasteiger partial charge in [-0.1, -0.05) is 81.6 Å². The number of aryl methyl sites for hydroxylation is 2. The van der Waals surface area contributed by atoms with Crippen LogP contribution in [0.15, 0.2) is 54.6 Å². The molecule has 3 nitrogen and oxygen atoms in total. The molecule has 0 unspecified atom stereocenters. The minimum Gasteiger partial charge on any atom is -0.456 e. The van der Waals surface area contributed by atoms with E-state index < -0.39 is 5.91 Å². The maximum absolute atomic E-state index is 12.5. The first-order chi connectivity index (χ1) is 14.2. The van der Waals surface area contributed by atoms with Crippen molar-refractivity contribution in [3.05, 3.63) is 71.3 Å². The van der Waals surface area contributed by atoms with Crippen LogP contribution >= 0.6 is 0 Å². The van der Waals surface area contributed by atoms with Gasteiger partial charge in [0.15, 0.2) is 0 Å². The van der Waals surface area contributed by atoms with Crippen molar-refractivity contribution < 1.29 is 9.53 Å². The maximum Gasteiger partial charge on any atom is 0.252 e. The van der Waals surface area contributed by atoms with Crippen LogP contribution in [0.5, 0.6) is 11.5 Å². The van der Waals surface area contributed by atoms with E-state index in [2.05, 4.69) is 32.0 Å². The molecule has 0 aliphatic carbocycles. The number of unbranched alkanes of at least 4 members (excludes halogenated alkanes) is 3. The predicted molar refractivity (Wildman–Crippen MR) is 121 cm³/mol. The second-order valence-corrected chi connectivity index (χ2v) is 7.60. The molecule has 1 amide bonds. The smallest absolute Gasteiger partial charge is 0.252 e. The molecule has 0 saturated heterocycles. The highest BCUT2D eigenvalue weighted by Gasteiger charge is 2.20. The second kappa shape index (κ2) is 10.1. The average Bonchev–Trinajstić information content (AvgIpc) is 2.73. The molecule has 3 aromatic rings. The van der Waals surface area contributed by atoms with Gasteiger partial charge in [-0.25, -0.2) is 0 Å².